The zero-order chi connectivity index (χ0) is 23.2. The fourth-order valence-electron chi connectivity index (χ4n) is 5.58. The first-order chi connectivity index (χ1) is 16.6. The summed E-state index contributed by atoms with van der Waals surface area (Å²) in [5.41, 5.74) is 6.12. The van der Waals surface area contributed by atoms with E-state index in [0.717, 1.165) is 40.6 Å². The van der Waals surface area contributed by atoms with Gasteiger partial charge in [-0.1, -0.05) is 66.7 Å². The van der Waals surface area contributed by atoms with Gasteiger partial charge in [0.05, 0.1) is 6.04 Å². The van der Waals surface area contributed by atoms with E-state index in [9.17, 15) is 9.59 Å². The molecule has 5 heteroatoms. The standard InChI is InChI=1S/C29H27N3O2/c1-18(15-16-19-9-3-2-4-10-19)30-28(33)25-17-23-20-11-7-8-14-24(20)31-26(23)27-21-12-5-6-13-22(21)29(34)32(25)27/h2-14,18,25,27,31H,15-17H2,1H3,(H,30,33)/t18?,25-,27?/m0/s1. The number of nitrogens with zero attached hydrogens (tertiary/aromatic N) is 1. The largest absolute Gasteiger partial charge is 0.356 e. The van der Waals surface area contributed by atoms with Gasteiger partial charge in [-0.05, 0) is 48.6 Å². The molecule has 0 aliphatic carbocycles. The highest BCUT2D eigenvalue weighted by Crippen LogP contribution is 2.46. The van der Waals surface area contributed by atoms with Gasteiger partial charge in [-0.2, -0.15) is 0 Å². The summed E-state index contributed by atoms with van der Waals surface area (Å²) in [7, 11) is 0. The molecule has 4 aromatic rings. The van der Waals surface area contributed by atoms with Gasteiger partial charge in [0.25, 0.3) is 5.91 Å². The Kier molecular flexibility index (Phi) is 4.98. The van der Waals surface area contributed by atoms with Gasteiger partial charge < -0.3 is 15.2 Å². The summed E-state index contributed by atoms with van der Waals surface area (Å²) in [6.07, 6.45) is 2.25. The summed E-state index contributed by atoms with van der Waals surface area (Å²) >= 11 is 0. The van der Waals surface area contributed by atoms with Crippen molar-refractivity contribution in [2.75, 3.05) is 0 Å². The van der Waals surface area contributed by atoms with E-state index in [0.29, 0.717) is 12.0 Å². The van der Waals surface area contributed by atoms with Crippen LogP contribution in [0.4, 0.5) is 0 Å². The van der Waals surface area contributed by atoms with Crippen LogP contribution in [0.3, 0.4) is 0 Å². The minimum atomic E-state index is -0.546. The molecular formula is C29H27N3O2. The molecule has 2 unspecified atom stereocenters. The molecule has 3 heterocycles. The van der Waals surface area contributed by atoms with E-state index in [1.165, 1.54) is 5.56 Å². The molecule has 2 N–H and O–H groups in total. The third kappa shape index (κ3) is 3.31. The van der Waals surface area contributed by atoms with Gasteiger partial charge >= 0.3 is 0 Å². The lowest BCUT2D eigenvalue weighted by molar-refractivity contribution is -0.127. The van der Waals surface area contributed by atoms with Gasteiger partial charge in [-0.15, -0.1) is 0 Å². The number of aryl methyl sites for hydroxylation is 1. The quantitative estimate of drug-likeness (QED) is 0.461. The van der Waals surface area contributed by atoms with Crippen molar-refractivity contribution in [3.05, 3.63) is 107 Å². The van der Waals surface area contributed by atoms with Crippen LogP contribution in [0, 0.1) is 0 Å². The van der Waals surface area contributed by atoms with E-state index in [2.05, 4.69) is 34.6 Å². The second-order valence-electron chi connectivity index (χ2n) is 9.42. The maximum atomic E-state index is 13.6. The van der Waals surface area contributed by atoms with Crippen LogP contribution in [0.15, 0.2) is 78.9 Å². The molecule has 170 valence electrons. The van der Waals surface area contributed by atoms with Crippen LogP contribution in [-0.2, 0) is 17.6 Å². The van der Waals surface area contributed by atoms with Gasteiger partial charge in [-0.3, -0.25) is 9.59 Å². The second-order valence-corrected chi connectivity index (χ2v) is 9.42. The van der Waals surface area contributed by atoms with Crippen molar-refractivity contribution >= 4 is 22.7 Å². The lowest BCUT2D eigenvalue weighted by Crippen LogP contribution is -2.53. The fraction of sp³-hybridized carbons (Fsp3) is 0.241. The van der Waals surface area contributed by atoms with Gasteiger partial charge in [0.1, 0.15) is 6.04 Å². The Balaban J connectivity index is 1.32. The molecule has 0 spiro atoms. The van der Waals surface area contributed by atoms with Crippen LogP contribution >= 0.6 is 0 Å². The average Bonchev–Trinajstić information content (AvgIpc) is 3.38. The molecule has 6 rings (SSSR count). The molecule has 2 amide bonds. The Morgan fingerprint density at radius 1 is 1.03 bits per heavy atom. The Hall–Kier alpha value is -3.86. The Bertz CT molecular complexity index is 1390. The summed E-state index contributed by atoms with van der Waals surface area (Å²) in [5.74, 6) is -0.148. The van der Waals surface area contributed by atoms with E-state index >= 15 is 0 Å². The average molecular weight is 450 g/mol. The van der Waals surface area contributed by atoms with Crippen molar-refractivity contribution in [2.45, 2.75) is 44.3 Å². The topological polar surface area (TPSA) is 65.2 Å². The van der Waals surface area contributed by atoms with E-state index in [1.807, 2.05) is 61.5 Å². The molecule has 0 fully saturated rings. The number of amides is 2. The third-order valence-corrected chi connectivity index (χ3v) is 7.25. The summed E-state index contributed by atoms with van der Waals surface area (Å²) < 4.78 is 0. The van der Waals surface area contributed by atoms with E-state index in [4.69, 9.17) is 0 Å². The first kappa shape index (κ1) is 20.7. The van der Waals surface area contributed by atoms with Gasteiger partial charge in [0.2, 0.25) is 5.91 Å². The zero-order valence-corrected chi connectivity index (χ0v) is 19.1. The molecule has 2 aliphatic heterocycles. The Morgan fingerprint density at radius 3 is 2.62 bits per heavy atom. The number of hydrogen-bond donors (Lipinski definition) is 2. The second kappa shape index (κ2) is 8.17. The Morgan fingerprint density at radius 2 is 1.76 bits per heavy atom. The zero-order valence-electron chi connectivity index (χ0n) is 19.1. The number of fused-ring (bicyclic) bond motifs is 7. The minimum Gasteiger partial charge on any atom is -0.356 e. The highest BCUT2D eigenvalue weighted by Gasteiger charge is 2.48. The highest BCUT2D eigenvalue weighted by molar-refractivity contribution is 6.03. The van der Waals surface area contributed by atoms with E-state index in [-0.39, 0.29) is 23.9 Å². The number of aromatic amines is 1. The number of para-hydroxylation sites is 1. The van der Waals surface area contributed by atoms with E-state index < -0.39 is 6.04 Å². The lowest BCUT2D eigenvalue weighted by Gasteiger charge is -2.37. The van der Waals surface area contributed by atoms with Crippen LogP contribution in [0.2, 0.25) is 0 Å². The molecule has 1 aromatic heterocycles. The van der Waals surface area contributed by atoms with Gasteiger partial charge in [0, 0.05) is 34.6 Å². The molecule has 5 nitrogen and oxygen atoms in total. The van der Waals surface area contributed by atoms with Crippen molar-refractivity contribution in [2.24, 2.45) is 0 Å². The summed E-state index contributed by atoms with van der Waals surface area (Å²) in [5, 5.41) is 4.34. The monoisotopic (exact) mass is 449 g/mol. The maximum absolute atomic E-state index is 13.6. The molecule has 0 radical (unpaired) electrons. The van der Waals surface area contributed by atoms with Crippen molar-refractivity contribution in [3.63, 3.8) is 0 Å². The molecular weight excluding hydrogens is 422 g/mol. The maximum Gasteiger partial charge on any atom is 0.255 e. The van der Waals surface area contributed by atoms with Gasteiger partial charge in [0.15, 0.2) is 0 Å². The molecule has 0 bridgehead atoms. The number of aromatic nitrogens is 1. The SMILES string of the molecule is CC(CCc1ccccc1)NC(=O)[C@@H]1Cc2c([nH]c3ccccc23)C2c3ccccc3C(=O)N21. The summed E-state index contributed by atoms with van der Waals surface area (Å²) in [4.78, 5) is 32.5. The number of nitrogens with one attached hydrogen (secondary N) is 2. The van der Waals surface area contributed by atoms with Crippen LogP contribution in [0.5, 0.6) is 0 Å². The fourth-order valence-corrected chi connectivity index (χ4v) is 5.58. The number of rotatable bonds is 5. The van der Waals surface area contributed by atoms with Crippen molar-refractivity contribution in [1.29, 1.82) is 0 Å². The molecule has 0 saturated heterocycles. The molecule has 34 heavy (non-hydrogen) atoms. The molecule has 3 aromatic carbocycles. The number of hydrogen-bond acceptors (Lipinski definition) is 2. The van der Waals surface area contributed by atoms with Crippen molar-refractivity contribution in [1.82, 2.24) is 15.2 Å². The smallest absolute Gasteiger partial charge is 0.255 e. The normalized spacial score (nSPS) is 19.4. The van der Waals surface area contributed by atoms with Crippen LogP contribution in [0.25, 0.3) is 10.9 Å². The van der Waals surface area contributed by atoms with Crippen molar-refractivity contribution < 1.29 is 9.59 Å². The molecule has 3 atom stereocenters. The van der Waals surface area contributed by atoms with Gasteiger partial charge in [-0.25, -0.2) is 0 Å². The number of carbonyl (C=O) groups is 2. The predicted octanol–water partition coefficient (Wildman–Crippen LogP) is 4.78. The van der Waals surface area contributed by atoms with E-state index in [1.54, 1.807) is 4.90 Å². The molecule has 0 saturated carbocycles. The predicted molar refractivity (Wildman–Crippen MR) is 133 cm³/mol. The van der Waals surface area contributed by atoms with Crippen LogP contribution < -0.4 is 5.32 Å². The third-order valence-electron chi connectivity index (χ3n) is 7.25. The summed E-state index contributed by atoms with van der Waals surface area (Å²) in [6, 6.07) is 25.4. The number of H-pyrrole nitrogens is 1. The minimum absolute atomic E-state index is 0.00982. The Labute approximate surface area is 198 Å². The molecule has 2 aliphatic rings. The van der Waals surface area contributed by atoms with Crippen LogP contribution in [-0.4, -0.2) is 33.8 Å². The van der Waals surface area contributed by atoms with Crippen molar-refractivity contribution in [3.8, 4) is 0 Å². The lowest BCUT2D eigenvalue weighted by atomic mass is 9.89. The first-order valence-corrected chi connectivity index (χ1v) is 12.0. The van der Waals surface area contributed by atoms with Crippen LogP contribution in [0.1, 0.15) is 52.1 Å². The number of benzene rings is 3. The number of carbonyl (C=O) groups excluding carboxylic acids is 2. The first-order valence-electron chi connectivity index (χ1n) is 12.0. The highest BCUT2D eigenvalue weighted by atomic mass is 16.2. The summed E-state index contributed by atoms with van der Waals surface area (Å²) in [6.45, 7) is 2.04.